The zero-order valence-electron chi connectivity index (χ0n) is 14.4. The maximum atomic E-state index is 13.7. The number of benzene rings is 2. The maximum absolute atomic E-state index is 13.7. The number of fused-ring (bicyclic) bond motifs is 1. The van der Waals surface area contributed by atoms with Crippen LogP contribution >= 0.6 is 27.5 Å². The van der Waals surface area contributed by atoms with Gasteiger partial charge in [0.05, 0.1) is 12.1 Å². The summed E-state index contributed by atoms with van der Waals surface area (Å²) >= 11 is 9.17. The van der Waals surface area contributed by atoms with E-state index in [4.69, 9.17) is 16.3 Å². The maximum Gasteiger partial charge on any atom is 0.435 e. The van der Waals surface area contributed by atoms with Crippen molar-refractivity contribution in [2.45, 2.75) is 24.6 Å². The Hall–Kier alpha value is -1.81. The number of aldehydes is 1. The van der Waals surface area contributed by atoms with Crippen LogP contribution in [-0.4, -0.2) is 30.8 Å². The van der Waals surface area contributed by atoms with Gasteiger partial charge in [-0.3, -0.25) is 10.1 Å². The lowest BCUT2D eigenvalue weighted by molar-refractivity contribution is -0.283. The fourth-order valence-electron chi connectivity index (χ4n) is 3.04. The standard InChI is InChI=1S/C18H15BrClF3N2O3/c1-28-11-4-2-10(3-5-11)8-25-15-7-13(19)14(20)6-12(15)17(27,18(21,22)23)24-16(25)9-26/h2-7,9,16,24,27H,8H2,1H3. The highest BCUT2D eigenvalue weighted by Crippen LogP contribution is 2.47. The molecule has 28 heavy (non-hydrogen) atoms. The number of halogens is 5. The molecule has 0 radical (unpaired) electrons. The number of aliphatic hydroxyl groups is 1. The SMILES string of the molecule is COc1ccc(CN2c3cc(Br)c(Cl)cc3C(O)(C(F)(F)F)NC2C=O)cc1. The summed E-state index contributed by atoms with van der Waals surface area (Å²) in [5.74, 6) is 0.619. The van der Waals surface area contributed by atoms with Crippen molar-refractivity contribution in [3.05, 3.63) is 57.0 Å². The fraction of sp³-hybridized carbons (Fsp3) is 0.278. The molecule has 1 heterocycles. The molecular formula is C18H15BrClF3N2O3. The summed E-state index contributed by atoms with van der Waals surface area (Å²) in [7, 11) is 1.52. The summed E-state index contributed by atoms with van der Waals surface area (Å²) in [6, 6.07) is 9.26. The molecule has 2 atom stereocenters. The minimum Gasteiger partial charge on any atom is -0.497 e. The Morgan fingerprint density at radius 3 is 2.54 bits per heavy atom. The van der Waals surface area contributed by atoms with Gasteiger partial charge in [0.2, 0.25) is 5.72 Å². The van der Waals surface area contributed by atoms with Gasteiger partial charge < -0.3 is 14.7 Å². The molecule has 0 saturated heterocycles. The molecule has 1 aliphatic heterocycles. The third-order valence-corrected chi connectivity index (χ3v) is 5.68. The molecule has 0 fully saturated rings. The number of hydrogen-bond donors (Lipinski definition) is 2. The number of nitrogens with one attached hydrogen (secondary N) is 1. The van der Waals surface area contributed by atoms with Crippen molar-refractivity contribution in [2.24, 2.45) is 0 Å². The molecule has 0 saturated carbocycles. The average Bonchev–Trinajstić information content (AvgIpc) is 2.65. The second-order valence-corrected chi connectivity index (χ2v) is 7.45. The summed E-state index contributed by atoms with van der Waals surface area (Å²) in [6.07, 6.45) is -6.19. The third kappa shape index (κ3) is 3.59. The molecule has 2 N–H and O–H groups in total. The molecular weight excluding hydrogens is 465 g/mol. The molecule has 0 bridgehead atoms. The van der Waals surface area contributed by atoms with Crippen LogP contribution in [0.4, 0.5) is 18.9 Å². The van der Waals surface area contributed by atoms with Crippen LogP contribution in [0, 0.1) is 0 Å². The third-order valence-electron chi connectivity index (χ3n) is 4.48. The Bertz CT molecular complexity index is 895. The molecule has 5 nitrogen and oxygen atoms in total. The minimum absolute atomic E-state index is 0.00262. The van der Waals surface area contributed by atoms with Crippen LogP contribution in [0.15, 0.2) is 40.9 Å². The molecule has 1 aliphatic rings. The highest BCUT2D eigenvalue weighted by molar-refractivity contribution is 9.10. The molecule has 0 aliphatic carbocycles. The Balaban J connectivity index is 2.12. The molecule has 0 aromatic heterocycles. The lowest BCUT2D eigenvalue weighted by Gasteiger charge is -2.45. The van der Waals surface area contributed by atoms with Crippen LogP contribution in [-0.2, 0) is 17.1 Å². The van der Waals surface area contributed by atoms with E-state index in [-0.39, 0.29) is 17.3 Å². The first-order valence-electron chi connectivity index (χ1n) is 8.02. The highest BCUT2D eigenvalue weighted by atomic mass is 79.9. The molecule has 3 rings (SSSR count). The second kappa shape index (κ2) is 7.55. The lowest BCUT2D eigenvalue weighted by atomic mass is 9.95. The van der Waals surface area contributed by atoms with Gasteiger partial charge in [-0.1, -0.05) is 23.7 Å². The minimum atomic E-state index is -5.08. The van der Waals surface area contributed by atoms with Crippen LogP contribution in [0.1, 0.15) is 11.1 Å². The number of carbonyl (C=O) groups is 1. The molecule has 150 valence electrons. The number of alkyl halides is 3. The zero-order chi connectivity index (χ0) is 20.7. The largest absolute Gasteiger partial charge is 0.497 e. The van der Waals surface area contributed by atoms with Crippen molar-refractivity contribution in [1.82, 2.24) is 5.32 Å². The van der Waals surface area contributed by atoms with Gasteiger partial charge in [0, 0.05) is 22.3 Å². The molecule has 2 aromatic carbocycles. The van der Waals surface area contributed by atoms with E-state index in [0.717, 1.165) is 11.6 Å². The van der Waals surface area contributed by atoms with E-state index in [1.807, 2.05) is 5.32 Å². The lowest BCUT2D eigenvalue weighted by Crippen LogP contribution is -2.65. The van der Waals surface area contributed by atoms with Gasteiger partial charge in [0.25, 0.3) is 0 Å². The van der Waals surface area contributed by atoms with Crippen molar-refractivity contribution in [3.8, 4) is 5.75 Å². The van der Waals surface area contributed by atoms with Crippen LogP contribution in [0.2, 0.25) is 5.02 Å². The Kier molecular flexibility index (Phi) is 5.64. The second-order valence-electron chi connectivity index (χ2n) is 6.19. The first-order chi connectivity index (χ1) is 13.1. The quantitative estimate of drug-likeness (QED) is 0.650. The molecule has 10 heteroatoms. The normalized spacial score (nSPS) is 22.0. The monoisotopic (exact) mass is 478 g/mol. The van der Waals surface area contributed by atoms with Crippen LogP contribution in [0.25, 0.3) is 0 Å². The number of ether oxygens (including phenoxy) is 1. The van der Waals surface area contributed by atoms with E-state index in [9.17, 15) is 23.1 Å². The zero-order valence-corrected chi connectivity index (χ0v) is 16.8. The first kappa shape index (κ1) is 20.9. The molecule has 2 aromatic rings. The van der Waals surface area contributed by atoms with Crippen molar-refractivity contribution in [1.29, 1.82) is 0 Å². The van der Waals surface area contributed by atoms with Gasteiger partial charge in [-0.15, -0.1) is 0 Å². The van der Waals surface area contributed by atoms with Crippen molar-refractivity contribution in [2.75, 3.05) is 12.0 Å². The van der Waals surface area contributed by atoms with E-state index < -0.39 is 23.6 Å². The van der Waals surface area contributed by atoms with Crippen LogP contribution in [0.3, 0.4) is 0 Å². The van der Waals surface area contributed by atoms with Gasteiger partial charge >= 0.3 is 6.18 Å². The van der Waals surface area contributed by atoms with Gasteiger partial charge in [-0.05, 0) is 45.8 Å². The van der Waals surface area contributed by atoms with Gasteiger partial charge in [0.1, 0.15) is 11.9 Å². The number of carbonyl (C=O) groups excluding carboxylic acids is 1. The molecule has 0 amide bonds. The number of anilines is 1. The van der Waals surface area contributed by atoms with Gasteiger partial charge in [0.15, 0.2) is 6.29 Å². The topological polar surface area (TPSA) is 61.8 Å². The number of rotatable bonds is 4. The smallest absolute Gasteiger partial charge is 0.435 e. The number of methoxy groups -OCH3 is 1. The van der Waals surface area contributed by atoms with Crippen LogP contribution in [0.5, 0.6) is 5.75 Å². The van der Waals surface area contributed by atoms with E-state index in [1.54, 1.807) is 24.3 Å². The molecule has 2 unspecified atom stereocenters. The predicted molar refractivity (Wildman–Crippen MR) is 101 cm³/mol. The summed E-state index contributed by atoms with van der Waals surface area (Å²) in [6.45, 7) is 0.107. The van der Waals surface area contributed by atoms with Gasteiger partial charge in [-0.2, -0.15) is 13.2 Å². The molecule has 0 spiro atoms. The average molecular weight is 480 g/mol. The summed E-state index contributed by atoms with van der Waals surface area (Å²) in [4.78, 5) is 13.0. The number of nitrogens with zero attached hydrogens (tertiary/aromatic N) is 1. The van der Waals surface area contributed by atoms with E-state index in [1.165, 1.54) is 18.1 Å². The first-order valence-corrected chi connectivity index (χ1v) is 9.19. The number of hydrogen-bond acceptors (Lipinski definition) is 5. The summed E-state index contributed by atoms with van der Waals surface area (Å²) < 4.78 is 46.4. The Labute approximate surface area is 172 Å². The summed E-state index contributed by atoms with van der Waals surface area (Å²) in [5, 5.41) is 12.4. The van der Waals surface area contributed by atoms with E-state index >= 15 is 0 Å². The Morgan fingerprint density at radius 2 is 2.00 bits per heavy atom. The van der Waals surface area contributed by atoms with E-state index in [2.05, 4.69) is 15.9 Å². The van der Waals surface area contributed by atoms with Crippen molar-refractivity contribution in [3.63, 3.8) is 0 Å². The van der Waals surface area contributed by atoms with Crippen molar-refractivity contribution < 1.29 is 27.8 Å². The predicted octanol–water partition coefficient (Wildman–Crippen LogP) is 3.95. The highest BCUT2D eigenvalue weighted by Gasteiger charge is 2.60. The van der Waals surface area contributed by atoms with Crippen molar-refractivity contribution >= 4 is 39.5 Å². The van der Waals surface area contributed by atoms with Gasteiger partial charge in [-0.25, -0.2) is 0 Å². The summed E-state index contributed by atoms with van der Waals surface area (Å²) in [5.41, 5.74) is -3.15. The fourth-order valence-corrected chi connectivity index (χ4v) is 3.53. The van der Waals surface area contributed by atoms with E-state index in [0.29, 0.717) is 16.5 Å². The van der Waals surface area contributed by atoms with Crippen LogP contribution < -0.4 is 15.0 Å². The Morgan fingerprint density at radius 1 is 1.36 bits per heavy atom.